The zero-order valence-electron chi connectivity index (χ0n) is 12.0. The predicted molar refractivity (Wildman–Crippen MR) is 78.4 cm³/mol. The van der Waals surface area contributed by atoms with E-state index in [0.29, 0.717) is 10.8 Å². The molecule has 0 aliphatic carbocycles. The summed E-state index contributed by atoms with van der Waals surface area (Å²) in [4.78, 5) is 0. The fourth-order valence-corrected chi connectivity index (χ4v) is 2.82. The number of nitrogens with one attached hydrogen (secondary N) is 1. The van der Waals surface area contributed by atoms with Crippen molar-refractivity contribution in [3.05, 3.63) is 22.7 Å². The molecule has 1 aliphatic rings. The molecule has 0 bridgehead atoms. The maximum atomic E-state index is 6.21. The fraction of sp³-hybridized carbons (Fsp3) is 0.600. The number of halogens is 1. The van der Waals surface area contributed by atoms with Crippen LogP contribution in [0.15, 0.2) is 12.1 Å². The lowest BCUT2D eigenvalue weighted by Gasteiger charge is -2.29. The van der Waals surface area contributed by atoms with Gasteiger partial charge in [0.1, 0.15) is 0 Å². The second-order valence-electron chi connectivity index (χ2n) is 5.51. The summed E-state index contributed by atoms with van der Waals surface area (Å²) in [6, 6.07) is 3.79. The van der Waals surface area contributed by atoms with Crippen molar-refractivity contribution in [1.29, 1.82) is 0 Å². The van der Waals surface area contributed by atoms with Gasteiger partial charge >= 0.3 is 0 Å². The molecule has 0 aromatic heterocycles. The van der Waals surface area contributed by atoms with Gasteiger partial charge in [0.05, 0.1) is 13.2 Å². The molecule has 0 radical (unpaired) electrons. The highest BCUT2D eigenvalue weighted by atomic mass is 35.5. The van der Waals surface area contributed by atoms with Crippen molar-refractivity contribution in [2.24, 2.45) is 0 Å². The van der Waals surface area contributed by atoms with Crippen LogP contribution in [-0.4, -0.2) is 19.8 Å². The van der Waals surface area contributed by atoms with Gasteiger partial charge in [0.25, 0.3) is 0 Å². The van der Waals surface area contributed by atoms with Crippen LogP contribution >= 0.6 is 11.6 Å². The Balaban J connectivity index is 2.53. The van der Waals surface area contributed by atoms with E-state index in [-0.39, 0.29) is 11.6 Å². The van der Waals surface area contributed by atoms with Crippen LogP contribution in [0.5, 0.6) is 11.5 Å². The Hall–Kier alpha value is -0.930. The largest absolute Gasteiger partial charge is 0.493 e. The molecule has 1 aliphatic heterocycles. The van der Waals surface area contributed by atoms with Gasteiger partial charge < -0.3 is 14.8 Å². The second-order valence-corrected chi connectivity index (χ2v) is 5.95. The van der Waals surface area contributed by atoms with Gasteiger partial charge in [-0.15, -0.1) is 0 Å². The van der Waals surface area contributed by atoms with E-state index in [4.69, 9.17) is 21.1 Å². The van der Waals surface area contributed by atoms with Crippen LogP contribution in [0.25, 0.3) is 0 Å². The SMILES string of the molecule is COc1cc(Cl)cc(C2(C)CCCN2)c1OC(C)C. The number of ether oxygens (including phenoxy) is 2. The molecule has 1 saturated heterocycles. The highest BCUT2D eigenvalue weighted by molar-refractivity contribution is 6.30. The van der Waals surface area contributed by atoms with Gasteiger partial charge in [-0.25, -0.2) is 0 Å². The van der Waals surface area contributed by atoms with Gasteiger partial charge in [-0.3, -0.25) is 0 Å². The number of rotatable bonds is 4. The van der Waals surface area contributed by atoms with Crippen molar-refractivity contribution in [2.75, 3.05) is 13.7 Å². The molecule has 0 saturated carbocycles. The van der Waals surface area contributed by atoms with E-state index >= 15 is 0 Å². The molecule has 1 heterocycles. The minimum absolute atomic E-state index is 0.0948. The Labute approximate surface area is 120 Å². The van der Waals surface area contributed by atoms with E-state index in [1.54, 1.807) is 13.2 Å². The van der Waals surface area contributed by atoms with Crippen molar-refractivity contribution in [2.45, 2.75) is 45.3 Å². The predicted octanol–water partition coefficient (Wildman–Crippen LogP) is 3.73. The third-order valence-electron chi connectivity index (χ3n) is 3.56. The Kier molecular flexibility index (Phi) is 4.26. The van der Waals surface area contributed by atoms with Gasteiger partial charge in [0.2, 0.25) is 0 Å². The highest BCUT2D eigenvalue weighted by Crippen LogP contribution is 2.43. The van der Waals surface area contributed by atoms with Gasteiger partial charge in [0, 0.05) is 22.2 Å². The molecule has 3 nitrogen and oxygen atoms in total. The van der Waals surface area contributed by atoms with E-state index in [0.717, 1.165) is 30.7 Å². The number of hydrogen-bond donors (Lipinski definition) is 1. The zero-order valence-corrected chi connectivity index (χ0v) is 12.8. The van der Waals surface area contributed by atoms with Crippen molar-refractivity contribution in [1.82, 2.24) is 5.32 Å². The summed E-state index contributed by atoms with van der Waals surface area (Å²) in [5.74, 6) is 1.50. The van der Waals surface area contributed by atoms with E-state index in [1.807, 2.05) is 19.9 Å². The fourth-order valence-electron chi connectivity index (χ4n) is 2.61. The lowest BCUT2D eigenvalue weighted by atomic mass is 9.89. The van der Waals surface area contributed by atoms with Crippen LogP contribution in [0, 0.1) is 0 Å². The van der Waals surface area contributed by atoms with E-state index in [9.17, 15) is 0 Å². The first-order chi connectivity index (χ1) is 8.96. The van der Waals surface area contributed by atoms with Crippen molar-refractivity contribution in [3.8, 4) is 11.5 Å². The normalized spacial score (nSPS) is 22.8. The second kappa shape index (κ2) is 5.59. The lowest BCUT2D eigenvalue weighted by molar-refractivity contribution is 0.221. The third-order valence-corrected chi connectivity index (χ3v) is 3.77. The standard InChI is InChI=1S/C15H22ClNO2/c1-10(2)19-14-12(15(3)6-5-7-17-15)8-11(16)9-13(14)18-4/h8-10,17H,5-7H2,1-4H3. The average molecular weight is 284 g/mol. The molecule has 106 valence electrons. The summed E-state index contributed by atoms with van der Waals surface area (Å²) < 4.78 is 11.4. The molecular formula is C15H22ClNO2. The molecule has 2 rings (SSSR count). The molecule has 1 aromatic carbocycles. The molecular weight excluding hydrogens is 262 g/mol. The van der Waals surface area contributed by atoms with E-state index < -0.39 is 0 Å². The molecule has 1 N–H and O–H groups in total. The number of hydrogen-bond acceptors (Lipinski definition) is 3. The van der Waals surface area contributed by atoms with Crippen LogP contribution in [0.1, 0.15) is 39.2 Å². The maximum absolute atomic E-state index is 6.21. The van der Waals surface area contributed by atoms with Crippen molar-refractivity contribution in [3.63, 3.8) is 0 Å². The maximum Gasteiger partial charge on any atom is 0.166 e. The first-order valence-corrected chi connectivity index (χ1v) is 7.14. The van der Waals surface area contributed by atoms with E-state index in [1.165, 1.54) is 0 Å². The van der Waals surface area contributed by atoms with E-state index in [2.05, 4.69) is 12.2 Å². The molecule has 19 heavy (non-hydrogen) atoms. The molecule has 1 fully saturated rings. The molecule has 1 unspecified atom stereocenters. The van der Waals surface area contributed by atoms with Crippen LogP contribution < -0.4 is 14.8 Å². The smallest absolute Gasteiger partial charge is 0.166 e. The van der Waals surface area contributed by atoms with Crippen molar-refractivity contribution < 1.29 is 9.47 Å². The number of methoxy groups -OCH3 is 1. The molecule has 0 amide bonds. The van der Waals surface area contributed by atoms with Crippen LogP contribution in [-0.2, 0) is 5.54 Å². The first kappa shape index (κ1) is 14.5. The Bertz CT molecular complexity index is 454. The molecule has 1 aromatic rings. The van der Waals surface area contributed by atoms with Gasteiger partial charge in [-0.1, -0.05) is 11.6 Å². The highest BCUT2D eigenvalue weighted by Gasteiger charge is 2.34. The monoisotopic (exact) mass is 283 g/mol. The van der Waals surface area contributed by atoms with Gasteiger partial charge in [0.15, 0.2) is 11.5 Å². The Morgan fingerprint density at radius 3 is 2.63 bits per heavy atom. The molecule has 4 heteroatoms. The number of benzene rings is 1. The third kappa shape index (κ3) is 2.98. The summed E-state index contributed by atoms with van der Waals surface area (Å²) in [6.07, 6.45) is 2.33. The van der Waals surface area contributed by atoms with Gasteiger partial charge in [-0.2, -0.15) is 0 Å². The van der Waals surface area contributed by atoms with Crippen molar-refractivity contribution >= 4 is 11.6 Å². The zero-order chi connectivity index (χ0) is 14.0. The lowest BCUT2D eigenvalue weighted by Crippen LogP contribution is -2.34. The quantitative estimate of drug-likeness (QED) is 0.913. The summed E-state index contributed by atoms with van der Waals surface area (Å²) in [7, 11) is 1.65. The van der Waals surface area contributed by atoms with Crippen LogP contribution in [0.4, 0.5) is 0 Å². The molecule has 1 atom stereocenters. The van der Waals surface area contributed by atoms with Gasteiger partial charge in [-0.05, 0) is 46.2 Å². The van der Waals surface area contributed by atoms with Crippen LogP contribution in [0.3, 0.4) is 0 Å². The Morgan fingerprint density at radius 2 is 2.11 bits per heavy atom. The summed E-state index contributed by atoms with van der Waals surface area (Å²) in [6.45, 7) is 7.25. The van der Waals surface area contributed by atoms with Crippen LogP contribution in [0.2, 0.25) is 5.02 Å². The minimum Gasteiger partial charge on any atom is -0.493 e. The minimum atomic E-state index is -0.0948. The average Bonchev–Trinajstić information content (AvgIpc) is 2.78. The Morgan fingerprint density at radius 1 is 1.37 bits per heavy atom. The topological polar surface area (TPSA) is 30.5 Å². The summed E-state index contributed by atoms with van der Waals surface area (Å²) >= 11 is 6.21. The summed E-state index contributed by atoms with van der Waals surface area (Å²) in [5, 5.41) is 4.23. The summed E-state index contributed by atoms with van der Waals surface area (Å²) in [5.41, 5.74) is 0.991. The first-order valence-electron chi connectivity index (χ1n) is 6.76. The molecule has 0 spiro atoms.